The normalized spacial score (nSPS) is 17.9. The van der Waals surface area contributed by atoms with Crippen molar-refractivity contribution in [3.63, 3.8) is 0 Å². The van der Waals surface area contributed by atoms with Gasteiger partial charge in [-0.05, 0) is 19.8 Å². The zero-order valence-corrected chi connectivity index (χ0v) is 15.8. The number of piperidine rings is 1. The van der Waals surface area contributed by atoms with Crippen LogP contribution in [0.2, 0.25) is 0 Å². The number of nitrogens with one attached hydrogen (secondary N) is 1. The lowest BCUT2D eigenvalue weighted by molar-refractivity contribution is -0.144. The zero-order chi connectivity index (χ0) is 15.0. The Bertz CT molecular complexity index is 331. The standard InChI is InChI=1S/C14H27N3O3.HI/c1-5-20-12-6-8-17(9-7-12)14(15-3)16-10-11(2)13(18)19-4;/h11-12H,5-10H2,1-4H3,(H,15,16);1H. The van der Waals surface area contributed by atoms with Gasteiger partial charge in [-0.1, -0.05) is 6.92 Å². The maximum Gasteiger partial charge on any atom is 0.310 e. The van der Waals surface area contributed by atoms with Gasteiger partial charge in [-0.25, -0.2) is 0 Å². The maximum absolute atomic E-state index is 11.4. The van der Waals surface area contributed by atoms with Crippen molar-refractivity contribution in [2.24, 2.45) is 10.9 Å². The van der Waals surface area contributed by atoms with E-state index >= 15 is 0 Å². The van der Waals surface area contributed by atoms with Gasteiger partial charge in [0.1, 0.15) is 0 Å². The lowest BCUT2D eigenvalue weighted by Crippen LogP contribution is -2.48. The second kappa shape index (κ2) is 11.1. The number of guanidine groups is 1. The fourth-order valence-corrected chi connectivity index (χ4v) is 2.33. The van der Waals surface area contributed by atoms with Crippen molar-refractivity contribution in [1.82, 2.24) is 10.2 Å². The summed E-state index contributed by atoms with van der Waals surface area (Å²) in [6.45, 7) is 7.03. The second-order valence-electron chi connectivity index (χ2n) is 4.99. The smallest absolute Gasteiger partial charge is 0.310 e. The Balaban J connectivity index is 0.00000400. The molecule has 1 saturated heterocycles. The van der Waals surface area contributed by atoms with Gasteiger partial charge < -0.3 is 19.7 Å². The molecule has 0 bridgehead atoms. The van der Waals surface area contributed by atoms with E-state index in [1.54, 1.807) is 7.05 Å². The summed E-state index contributed by atoms with van der Waals surface area (Å²) in [6.07, 6.45) is 2.39. The molecular weight excluding hydrogens is 385 g/mol. The third kappa shape index (κ3) is 6.82. The van der Waals surface area contributed by atoms with Crippen molar-refractivity contribution >= 4 is 35.9 Å². The lowest BCUT2D eigenvalue weighted by atomic mass is 10.1. The number of esters is 1. The molecule has 0 spiro atoms. The first-order valence-electron chi connectivity index (χ1n) is 7.27. The Morgan fingerprint density at radius 1 is 1.43 bits per heavy atom. The van der Waals surface area contributed by atoms with Crippen LogP contribution in [0.3, 0.4) is 0 Å². The molecule has 21 heavy (non-hydrogen) atoms. The first-order chi connectivity index (χ1) is 9.62. The third-order valence-electron chi connectivity index (χ3n) is 3.53. The van der Waals surface area contributed by atoms with E-state index in [-0.39, 0.29) is 35.9 Å². The predicted molar refractivity (Wildman–Crippen MR) is 94.2 cm³/mol. The maximum atomic E-state index is 11.4. The molecule has 0 saturated carbocycles. The monoisotopic (exact) mass is 413 g/mol. The molecule has 0 radical (unpaired) electrons. The molecule has 1 unspecified atom stereocenters. The fraction of sp³-hybridized carbons (Fsp3) is 0.857. The SMILES string of the molecule is CCOC1CCN(C(=NC)NCC(C)C(=O)OC)CC1.I. The van der Waals surface area contributed by atoms with Crippen molar-refractivity contribution < 1.29 is 14.3 Å². The first kappa shape index (κ1) is 20.4. The van der Waals surface area contributed by atoms with Crippen molar-refractivity contribution in [3.8, 4) is 0 Å². The number of rotatable bonds is 5. The van der Waals surface area contributed by atoms with Gasteiger partial charge in [-0.2, -0.15) is 0 Å². The van der Waals surface area contributed by atoms with E-state index in [1.807, 2.05) is 13.8 Å². The second-order valence-corrected chi connectivity index (χ2v) is 4.99. The Morgan fingerprint density at radius 3 is 2.52 bits per heavy atom. The highest BCUT2D eigenvalue weighted by Crippen LogP contribution is 2.13. The Kier molecular flexibility index (Phi) is 10.8. The number of aliphatic imine (C=N–C) groups is 1. The largest absolute Gasteiger partial charge is 0.469 e. The van der Waals surface area contributed by atoms with Crippen LogP contribution in [0.4, 0.5) is 0 Å². The van der Waals surface area contributed by atoms with Crippen LogP contribution in [0, 0.1) is 5.92 Å². The fourth-order valence-electron chi connectivity index (χ4n) is 2.33. The van der Waals surface area contributed by atoms with Gasteiger partial charge >= 0.3 is 5.97 Å². The van der Waals surface area contributed by atoms with Gasteiger partial charge in [0.05, 0.1) is 19.1 Å². The highest BCUT2D eigenvalue weighted by molar-refractivity contribution is 14.0. The lowest BCUT2D eigenvalue weighted by Gasteiger charge is -2.34. The molecule has 1 aliphatic rings. The minimum atomic E-state index is -0.206. The number of likely N-dealkylation sites (tertiary alicyclic amines) is 1. The number of carbonyl (C=O) groups is 1. The molecule has 1 fully saturated rings. The van der Waals surface area contributed by atoms with Crippen LogP contribution in [0.25, 0.3) is 0 Å². The number of ether oxygens (including phenoxy) is 2. The van der Waals surface area contributed by atoms with E-state index in [9.17, 15) is 4.79 Å². The Labute approximate surface area is 144 Å². The molecule has 0 aromatic heterocycles. The van der Waals surface area contributed by atoms with Gasteiger partial charge in [-0.15, -0.1) is 24.0 Å². The van der Waals surface area contributed by atoms with Crippen LogP contribution in [0.1, 0.15) is 26.7 Å². The molecule has 0 amide bonds. The zero-order valence-electron chi connectivity index (χ0n) is 13.4. The Morgan fingerprint density at radius 2 is 2.05 bits per heavy atom. The topological polar surface area (TPSA) is 63.2 Å². The Hall–Kier alpha value is -0.570. The van der Waals surface area contributed by atoms with Gasteiger partial charge in [-0.3, -0.25) is 9.79 Å². The molecular formula is C14H28IN3O3. The number of methoxy groups -OCH3 is 1. The van der Waals surface area contributed by atoms with Crippen molar-refractivity contribution in [2.75, 3.05) is 40.4 Å². The molecule has 0 aliphatic carbocycles. The summed E-state index contributed by atoms with van der Waals surface area (Å²) in [5.41, 5.74) is 0. The summed E-state index contributed by atoms with van der Waals surface area (Å²) in [4.78, 5) is 17.9. The van der Waals surface area contributed by atoms with E-state index < -0.39 is 0 Å². The number of halogens is 1. The molecule has 1 heterocycles. The highest BCUT2D eigenvalue weighted by Gasteiger charge is 2.22. The average Bonchev–Trinajstić information content (AvgIpc) is 2.48. The highest BCUT2D eigenvalue weighted by atomic mass is 127. The summed E-state index contributed by atoms with van der Waals surface area (Å²) < 4.78 is 10.4. The molecule has 1 N–H and O–H groups in total. The van der Waals surface area contributed by atoms with Crippen LogP contribution in [-0.4, -0.2) is 63.3 Å². The van der Waals surface area contributed by atoms with Crippen molar-refractivity contribution in [3.05, 3.63) is 0 Å². The van der Waals surface area contributed by atoms with Crippen LogP contribution in [0.15, 0.2) is 4.99 Å². The minimum Gasteiger partial charge on any atom is -0.469 e. The van der Waals surface area contributed by atoms with E-state index in [0.717, 1.165) is 38.5 Å². The summed E-state index contributed by atoms with van der Waals surface area (Å²) >= 11 is 0. The summed E-state index contributed by atoms with van der Waals surface area (Å²) in [5.74, 6) is 0.455. The molecule has 0 aromatic carbocycles. The summed E-state index contributed by atoms with van der Waals surface area (Å²) in [7, 11) is 3.17. The quantitative estimate of drug-likeness (QED) is 0.320. The molecule has 0 aromatic rings. The third-order valence-corrected chi connectivity index (χ3v) is 3.53. The van der Waals surface area contributed by atoms with Crippen LogP contribution >= 0.6 is 24.0 Å². The number of hydrogen-bond acceptors (Lipinski definition) is 4. The van der Waals surface area contributed by atoms with Gasteiger partial charge in [0.2, 0.25) is 0 Å². The van der Waals surface area contributed by atoms with E-state index in [4.69, 9.17) is 9.47 Å². The number of nitrogens with zero attached hydrogens (tertiary/aromatic N) is 2. The molecule has 6 nitrogen and oxygen atoms in total. The predicted octanol–water partition coefficient (Wildman–Crippen LogP) is 1.49. The van der Waals surface area contributed by atoms with E-state index in [1.165, 1.54) is 7.11 Å². The molecule has 7 heteroatoms. The van der Waals surface area contributed by atoms with Gasteiger partial charge in [0, 0.05) is 33.3 Å². The molecule has 124 valence electrons. The average molecular weight is 413 g/mol. The van der Waals surface area contributed by atoms with E-state index in [2.05, 4.69) is 15.2 Å². The molecule has 1 aliphatic heterocycles. The van der Waals surface area contributed by atoms with E-state index in [0.29, 0.717) is 12.6 Å². The minimum absolute atomic E-state index is 0. The van der Waals surface area contributed by atoms with Crippen LogP contribution in [-0.2, 0) is 14.3 Å². The van der Waals surface area contributed by atoms with Crippen molar-refractivity contribution in [1.29, 1.82) is 0 Å². The summed E-state index contributed by atoms with van der Waals surface area (Å²) in [6, 6.07) is 0. The van der Waals surface area contributed by atoms with Crippen LogP contribution < -0.4 is 5.32 Å². The molecule has 1 atom stereocenters. The van der Waals surface area contributed by atoms with Crippen LogP contribution in [0.5, 0.6) is 0 Å². The number of hydrogen-bond donors (Lipinski definition) is 1. The molecule has 1 rings (SSSR count). The first-order valence-corrected chi connectivity index (χ1v) is 7.27. The summed E-state index contributed by atoms with van der Waals surface area (Å²) in [5, 5.41) is 3.24. The number of carbonyl (C=O) groups excluding carboxylic acids is 1. The van der Waals surface area contributed by atoms with Crippen molar-refractivity contribution in [2.45, 2.75) is 32.8 Å². The van der Waals surface area contributed by atoms with Gasteiger partial charge in [0.25, 0.3) is 0 Å². The van der Waals surface area contributed by atoms with Gasteiger partial charge in [0.15, 0.2) is 5.96 Å².